The molecule has 0 radical (unpaired) electrons. The van der Waals surface area contributed by atoms with E-state index in [4.69, 9.17) is 0 Å². The highest BCUT2D eigenvalue weighted by Gasteiger charge is 2.24. The first-order valence-corrected chi connectivity index (χ1v) is 7.48. The number of halogens is 1. The predicted molar refractivity (Wildman–Crippen MR) is 79.2 cm³/mol. The van der Waals surface area contributed by atoms with Crippen LogP contribution in [0.3, 0.4) is 0 Å². The van der Waals surface area contributed by atoms with Crippen molar-refractivity contribution in [1.82, 2.24) is 9.97 Å². The molecule has 0 aromatic carbocycles. The van der Waals surface area contributed by atoms with Crippen LogP contribution in [0.4, 0.5) is 5.82 Å². The number of nitrogens with zero attached hydrogens (tertiary/aromatic N) is 3. The first-order chi connectivity index (χ1) is 8.22. The second-order valence-corrected chi connectivity index (χ2v) is 6.05. The van der Waals surface area contributed by atoms with Crippen LogP contribution >= 0.6 is 22.6 Å². The minimum atomic E-state index is 0.654. The molecule has 1 aliphatic rings. The van der Waals surface area contributed by atoms with Gasteiger partial charge in [0.25, 0.3) is 0 Å². The summed E-state index contributed by atoms with van der Waals surface area (Å²) >= 11 is 2.32. The molecule has 0 N–H and O–H groups in total. The molecule has 1 aliphatic carbocycles. The van der Waals surface area contributed by atoms with Crippen molar-refractivity contribution in [3.8, 4) is 0 Å². The van der Waals surface area contributed by atoms with Crippen LogP contribution in [-0.4, -0.2) is 23.1 Å². The van der Waals surface area contributed by atoms with E-state index in [0.29, 0.717) is 6.04 Å². The molecule has 0 saturated heterocycles. The molecular formula is C13H20IN3. The summed E-state index contributed by atoms with van der Waals surface area (Å²) < 4.78 is 1.14. The van der Waals surface area contributed by atoms with Gasteiger partial charge >= 0.3 is 0 Å². The fourth-order valence-corrected chi connectivity index (χ4v) is 3.36. The van der Waals surface area contributed by atoms with Gasteiger partial charge in [-0.05, 0) is 54.2 Å². The van der Waals surface area contributed by atoms with Crippen molar-refractivity contribution >= 4 is 28.4 Å². The van der Waals surface area contributed by atoms with Crippen LogP contribution in [0.2, 0.25) is 0 Å². The topological polar surface area (TPSA) is 29.0 Å². The summed E-state index contributed by atoms with van der Waals surface area (Å²) in [5.74, 6) is 2.03. The minimum absolute atomic E-state index is 0.654. The van der Waals surface area contributed by atoms with Crippen LogP contribution in [0.15, 0.2) is 12.5 Å². The quantitative estimate of drug-likeness (QED) is 0.786. The first kappa shape index (κ1) is 13.1. The van der Waals surface area contributed by atoms with Crippen molar-refractivity contribution in [1.29, 1.82) is 0 Å². The van der Waals surface area contributed by atoms with Crippen molar-refractivity contribution in [2.45, 2.75) is 45.1 Å². The summed E-state index contributed by atoms with van der Waals surface area (Å²) in [6.07, 6.45) is 10.2. The largest absolute Gasteiger partial charge is 0.356 e. The number of hydrogen-bond donors (Lipinski definition) is 0. The summed E-state index contributed by atoms with van der Waals surface area (Å²) in [4.78, 5) is 10.8. The Hall–Kier alpha value is -0.390. The Morgan fingerprint density at radius 1 is 1.35 bits per heavy atom. The molecule has 1 heterocycles. The molecule has 0 bridgehead atoms. The zero-order valence-electron chi connectivity index (χ0n) is 10.6. The van der Waals surface area contributed by atoms with E-state index in [9.17, 15) is 0 Å². The fraction of sp³-hybridized carbons (Fsp3) is 0.692. The van der Waals surface area contributed by atoms with Crippen LogP contribution < -0.4 is 4.90 Å². The van der Waals surface area contributed by atoms with E-state index in [1.807, 2.05) is 6.20 Å². The van der Waals surface area contributed by atoms with Crippen molar-refractivity contribution < 1.29 is 0 Å². The van der Waals surface area contributed by atoms with Gasteiger partial charge in [0.2, 0.25) is 0 Å². The number of hydrogen-bond acceptors (Lipinski definition) is 3. The van der Waals surface area contributed by atoms with Crippen LogP contribution in [0.25, 0.3) is 0 Å². The molecule has 94 valence electrons. The number of aromatic nitrogens is 2. The van der Waals surface area contributed by atoms with E-state index >= 15 is 0 Å². The monoisotopic (exact) mass is 345 g/mol. The molecule has 4 heteroatoms. The highest BCUT2D eigenvalue weighted by Crippen LogP contribution is 2.31. The smallest absolute Gasteiger partial charge is 0.145 e. The fourth-order valence-electron chi connectivity index (χ4n) is 2.68. The van der Waals surface area contributed by atoms with Crippen LogP contribution in [-0.2, 0) is 0 Å². The molecule has 1 aromatic heterocycles. The Morgan fingerprint density at radius 3 is 2.65 bits per heavy atom. The van der Waals surface area contributed by atoms with Crippen LogP contribution in [0.5, 0.6) is 0 Å². The van der Waals surface area contributed by atoms with E-state index in [1.165, 1.54) is 32.1 Å². The van der Waals surface area contributed by atoms with Gasteiger partial charge in [-0.1, -0.05) is 13.3 Å². The lowest BCUT2D eigenvalue weighted by molar-refractivity contribution is 0.312. The second-order valence-electron chi connectivity index (χ2n) is 4.89. The summed E-state index contributed by atoms with van der Waals surface area (Å²) in [6, 6.07) is 0.654. The third kappa shape index (κ3) is 3.09. The van der Waals surface area contributed by atoms with Gasteiger partial charge in [0.1, 0.15) is 12.1 Å². The van der Waals surface area contributed by atoms with E-state index < -0.39 is 0 Å². The molecule has 0 amide bonds. The third-order valence-electron chi connectivity index (χ3n) is 3.92. The zero-order valence-corrected chi connectivity index (χ0v) is 12.7. The Labute approximate surface area is 117 Å². The zero-order chi connectivity index (χ0) is 12.3. The molecule has 0 spiro atoms. The molecular weight excluding hydrogens is 325 g/mol. The first-order valence-electron chi connectivity index (χ1n) is 6.40. The molecule has 3 nitrogen and oxygen atoms in total. The molecule has 0 atom stereocenters. The second kappa shape index (κ2) is 5.98. The van der Waals surface area contributed by atoms with Gasteiger partial charge in [-0.15, -0.1) is 0 Å². The lowest BCUT2D eigenvalue weighted by Gasteiger charge is -2.35. The van der Waals surface area contributed by atoms with Gasteiger partial charge in [0.05, 0.1) is 3.57 Å². The maximum Gasteiger partial charge on any atom is 0.145 e. The summed E-state index contributed by atoms with van der Waals surface area (Å²) in [6.45, 7) is 2.31. The summed E-state index contributed by atoms with van der Waals surface area (Å²) in [5.41, 5.74) is 0. The lowest BCUT2D eigenvalue weighted by Crippen LogP contribution is -2.36. The van der Waals surface area contributed by atoms with Gasteiger partial charge < -0.3 is 4.90 Å². The van der Waals surface area contributed by atoms with Crippen LogP contribution in [0.1, 0.15) is 39.0 Å². The summed E-state index contributed by atoms with van der Waals surface area (Å²) in [7, 11) is 2.17. The van der Waals surface area contributed by atoms with E-state index in [2.05, 4.69) is 51.4 Å². The van der Waals surface area contributed by atoms with Crippen molar-refractivity contribution in [3.05, 3.63) is 16.1 Å². The lowest BCUT2D eigenvalue weighted by atomic mass is 9.84. The van der Waals surface area contributed by atoms with Crippen molar-refractivity contribution in [3.63, 3.8) is 0 Å². The average Bonchev–Trinajstić information content (AvgIpc) is 2.39. The number of rotatable bonds is 3. The van der Waals surface area contributed by atoms with Crippen LogP contribution in [0, 0.1) is 9.49 Å². The van der Waals surface area contributed by atoms with Gasteiger partial charge in [0.15, 0.2) is 0 Å². The van der Waals surface area contributed by atoms with Crippen molar-refractivity contribution in [2.24, 2.45) is 5.92 Å². The Morgan fingerprint density at radius 2 is 2.06 bits per heavy atom. The molecule has 2 rings (SSSR count). The Balaban J connectivity index is 2.02. The molecule has 1 saturated carbocycles. The minimum Gasteiger partial charge on any atom is -0.356 e. The third-order valence-corrected chi connectivity index (χ3v) is 4.68. The normalized spacial score (nSPS) is 24.6. The Kier molecular flexibility index (Phi) is 4.59. The number of anilines is 1. The standard InChI is InChI=1S/C13H20IN3/c1-3-10-4-6-11(7-5-10)17(2)13-12(14)8-15-9-16-13/h8-11H,3-7H2,1-2H3. The summed E-state index contributed by atoms with van der Waals surface area (Å²) in [5, 5.41) is 0. The predicted octanol–water partition coefficient (Wildman–Crippen LogP) is 3.49. The molecule has 0 unspecified atom stereocenters. The maximum absolute atomic E-state index is 4.40. The van der Waals surface area contributed by atoms with E-state index in [1.54, 1.807) is 6.33 Å². The van der Waals surface area contributed by atoms with Gasteiger partial charge in [-0.3, -0.25) is 0 Å². The van der Waals surface area contributed by atoms with Crippen molar-refractivity contribution in [2.75, 3.05) is 11.9 Å². The van der Waals surface area contributed by atoms with Gasteiger partial charge in [-0.25, -0.2) is 9.97 Å². The van der Waals surface area contributed by atoms with Gasteiger partial charge in [-0.2, -0.15) is 0 Å². The highest BCUT2D eigenvalue weighted by atomic mass is 127. The van der Waals surface area contributed by atoms with Gasteiger partial charge in [0, 0.05) is 19.3 Å². The highest BCUT2D eigenvalue weighted by molar-refractivity contribution is 14.1. The molecule has 1 aromatic rings. The Bertz CT molecular complexity index is 361. The van der Waals surface area contributed by atoms with E-state index in [0.717, 1.165) is 15.3 Å². The maximum atomic E-state index is 4.40. The molecule has 0 aliphatic heterocycles. The SMILES string of the molecule is CCC1CCC(N(C)c2ncncc2I)CC1. The molecule has 17 heavy (non-hydrogen) atoms. The molecule has 1 fully saturated rings. The van der Waals surface area contributed by atoms with E-state index in [-0.39, 0.29) is 0 Å². The average molecular weight is 345 g/mol.